The van der Waals surface area contributed by atoms with Crippen LogP contribution < -0.4 is 9.47 Å². The fraction of sp³-hybridized carbons (Fsp3) is 0.500. The van der Waals surface area contributed by atoms with Gasteiger partial charge in [0.25, 0.3) is 0 Å². The minimum Gasteiger partial charge on any atom is -0.428 e. The molecule has 0 saturated carbocycles. The van der Waals surface area contributed by atoms with Crippen LogP contribution in [-0.4, -0.2) is 29.3 Å². The Morgan fingerprint density at radius 3 is 1.72 bits per heavy atom. The minimum absolute atomic E-state index is 0.0668. The molecule has 1 aromatic carbocycles. The van der Waals surface area contributed by atoms with E-state index in [-0.39, 0.29) is 22.8 Å². The van der Waals surface area contributed by atoms with Gasteiger partial charge in [-0.3, -0.25) is 4.79 Å². The average Bonchev–Trinajstić information content (AvgIpc) is 2.33. The van der Waals surface area contributed by atoms with Gasteiger partial charge in [-0.2, -0.15) is 0 Å². The topological polar surface area (TPSA) is 88.1 Å². The van der Waals surface area contributed by atoms with Crippen LogP contribution in [0.3, 0.4) is 0 Å². The van der Waals surface area contributed by atoms with Crippen molar-refractivity contribution in [2.75, 3.05) is 0 Å². The van der Waals surface area contributed by atoms with Gasteiger partial charge in [-0.15, -0.1) is 0 Å². The monoisotopic (exact) mass is 352 g/mol. The zero-order valence-corrected chi connectivity index (χ0v) is 15.6. The van der Waals surface area contributed by atoms with Gasteiger partial charge >= 0.3 is 12.3 Å². The zero-order valence-electron chi connectivity index (χ0n) is 15.6. The van der Waals surface area contributed by atoms with E-state index in [2.05, 4.69) is 0 Å². The van der Waals surface area contributed by atoms with Gasteiger partial charge in [0.05, 0.1) is 5.56 Å². The summed E-state index contributed by atoms with van der Waals surface area (Å²) in [4.78, 5) is 35.2. The number of ketones is 1. The van der Waals surface area contributed by atoms with Gasteiger partial charge in [0.2, 0.25) is 0 Å². The van der Waals surface area contributed by atoms with E-state index in [0.29, 0.717) is 0 Å². The van der Waals surface area contributed by atoms with E-state index in [4.69, 9.17) is 18.9 Å². The number of carbonyl (C=O) groups is 3. The van der Waals surface area contributed by atoms with Crippen LogP contribution in [0.2, 0.25) is 0 Å². The summed E-state index contributed by atoms with van der Waals surface area (Å²) in [6.07, 6.45) is -1.88. The van der Waals surface area contributed by atoms with Gasteiger partial charge in [0.1, 0.15) is 22.7 Å². The molecule has 0 heterocycles. The molecule has 0 aromatic heterocycles. The maximum atomic E-state index is 11.8. The SMILES string of the molecule is CC(=O)c1ccc(OC(=O)OC(C)(C)C)cc1OC(=O)OC(C)(C)C. The third-order valence-electron chi connectivity index (χ3n) is 2.51. The van der Waals surface area contributed by atoms with Crippen molar-refractivity contribution in [2.45, 2.75) is 59.7 Å². The molecule has 138 valence electrons. The minimum atomic E-state index is -0.968. The van der Waals surface area contributed by atoms with E-state index in [1.54, 1.807) is 41.5 Å². The Hall–Kier alpha value is -2.57. The standard InChI is InChI=1S/C18H24O7/c1-11(19)13-9-8-12(22-15(20)24-17(2,3)4)10-14(13)23-16(21)25-18(5,6)7/h8-10H,1-7H3. The summed E-state index contributed by atoms with van der Waals surface area (Å²) in [7, 11) is 0. The number of ether oxygens (including phenoxy) is 4. The van der Waals surface area contributed by atoms with Gasteiger partial charge in [0.15, 0.2) is 5.78 Å². The molecule has 1 rings (SSSR count). The molecule has 7 heteroatoms. The summed E-state index contributed by atoms with van der Waals surface area (Å²) in [6.45, 7) is 11.5. The Balaban J connectivity index is 3.00. The molecule has 0 aliphatic heterocycles. The van der Waals surface area contributed by atoms with Crippen molar-refractivity contribution in [2.24, 2.45) is 0 Å². The van der Waals surface area contributed by atoms with E-state index in [0.717, 1.165) is 0 Å². The third kappa shape index (κ3) is 7.69. The maximum absolute atomic E-state index is 11.8. The number of hydrogen-bond donors (Lipinski definition) is 0. The lowest BCUT2D eigenvalue weighted by Gasteiger charge is -2.20. The molecular weight excluding hydrogens is 328 g/mol. The van der Waals surface area contributed by atoms with Gasteiger partial charge in [-0.05, 0) is 60.6 Å². The van der Waals surface area contributed by atoms with Gasteiger partial charge in [0, 0.05) is 6.07 Å². The molecule has 0 amide bonds. The lowest BCUT2D eigenvalue weighted by Crippen LogP contribution is -2.26. The van der Waals surface area contributed by atoms with Crippen LogP contribution in [0.15, 0.2) is 18.2 Å². The highest BCUT2D eigenvalue weighted by molar-refractivity contribution is 5.97. The van der Waals surface area contributed by atoms with E-state index >= 15 is 0 Å². The first kappa shape index (κ1) is 20.5. The van der Waals surface area contributed by atoms with Gasteiger partial charge < -0.3 is 18.9 Å². The lowest BCUT2D eigenvalue weighted by atomic mass is 10.1. The van der Waals surface area contributed by atoms with Crippen LogP contribution in [0.25, 0.3) is 0 Å². The molecule has 0 fully saturated rings. The molecule has 25 heavy (non-hydrogen) atoms. The maximum Gasteiger partial charge on any atom is 0.514 e. The molecule has 7 nitrogen and oxygen atoms in total. The first-order valence-electron chi connectivity index (χ1n) is 7.73. The fourth-order valence-electron chi connectivity index (χ4n) is 1.67. The second-order valence-corrected chi connectivity index (χ2v) is 7.35. The Kier molecular flexibility index (Phi) is 6.18. The molecule has 1 aromatic rings. The second kappa shape index (κ2) is 7.55. The summed E-state index contributed by atoms with van der Waals surface area (Å²) in [5, 5.41) is 0. The first-order valence-corrected chi connectivity index (χ1v) is 7.73. The Bertz CT molecular complexity index is 663. The van der Waals surface area contributed by atoms with Crippen molar-refractivity contribution in [3.63, 3.8) is 0 Å². The van der Waals surface area contributed by atoms with E-state index in [1.165, 1.54) is 25.1 Å². The number of carbonyl (C=O) groups excluding carboxylic acids is 3. The third-order valence-corrected chi connectivity index (χ3v) is 2.51. The van der Waals surface area contributed by atoms with Crippen molar-refractivity contribution in [3.05, 3.63) is 23.8 Å². The highest BCUT2D eigenvalue weighted by atomic mass is 16.7. The molecule has 0 aliphatic carbocycles. The van der Waals surface area contributed by atoms with Crippen molar-refractivity contribution in [1.82, 2.24) is 0 Å². The Labute approximate surface area is 147 Å². The predicted octanol–water partition coefficient (Wildman–Crippen LogP) is 4.52. The molecule has 0 N–H and O–H groups in total. The smallest absolute Gasteiger partial charge is 0.428 e. The summed E-state index contributed by atoms with van der Waals surface area (Å²) >= 11 is 0. The van der Waals surface area contributed by atoms with E-state index in [9.17, 15) is 14.4 Å². The fourth-order valence-corrected chi connectivity index (χ4v) is 1.67. The molecule has 0 atom stereocenters. The molecule has 0 radical (unpaired) electrons. The number of benzene rings is 1. The van der Waals surface area contributed by atoms with Crippen LogP contribution in [0.4, 0.5) is 9.59 Å². The van der Waals surface area contributed by atoms with Crippen LogP contribution in [0.1, 0.15) is 58.8 Å². The zero-order chi connectivity index (χ0) is 19.4. The average molecular weight is 352 g/mol. The first-order chi connectivity index (χ1) is 11.3. The molecule has 0 saturated heterocycles. The quantitative estimate of drug-likeness (QED) is 0.449. The van der Waals surface area contributed by atoms with Gasteiger partial charge in [-0.25, -0.2) is 9.59 Å². The van der Waals surface area contributed by atoms with Crippen molar-refractivity contribution in [3.8, 4) is 11.5 Å². The van der Waals surface area contributed by atoms with E-state index < -0.39 is 23.5 Å². The van der Waals surface area contributed by atoms with Gasteiger partial charge in [-0.1, -0.05) is 0 Å². The molecule has 0 aliphatic rings. The summed E-state index contributed by atoms with van der Waals surface area (Å²) in [6, 6.07) is 4.05. The molecular formula is C18H24O7. The van der Waals surface area contributed by atoms with Crippen LogP contribution in [0, 0.1) is 0 Å². The van der Waals surface area contributed by atoms with Crippen LogP contribution in [-0.2, 0) is 9.47 Å². The van der Waals surface area contributed by atoms with Crippen LogP contribution >= 0.6 is 0 Å². The number of Topliss-reactive ketones (excluding diaryl/α,β-unsaturated/α-hetero) is 1. The van der Waals surface area contributed by atoms with Crippen LogP contribution in [0.5, 0.6) is 11.5 Å². The Morgan fingerprint density at radius 2 is 1.28 bits per heavy atom. The number of rotatable bonds is 3. The highest BCUT2D eigenvalue weighted by Crippen LogP contribution is 2.27. The summed E-state index contributed by atoms with van der Waals surface area (Å²) < 4.78 is 20.2. The lowest BCUT2D eigenvalue weighted by molar-refractivity contribution is 0.0204. The summed E-state index contributed by atoms with van der Waals surface area (Å²) in [5.41, 5.74) is -1.31. The summed E-state index contributed by atoms with van der Waals surface area (Å²) in [5.74, 6) is -0.317. The Morgan fingerprint density at radius 1 is 0.800 bits per heavy atom. The van der Waals surface area contributed by atoms with E-state index in [1.807, 2.05) is 0 Å². The highest BCUT2D eigenvalue weighted by Gasteiger charge is 2.22. The number of hydrogen-bond acceptors (Lipinski definition) is 7. The molecule has 0 spiro atoms. The largest absolute Gasteiger partial charge is 0.514 e. The van der Waals surface area contributed by atoms with Crippen molar-refractivity contribution < 1.29 is 33.3 Å². The second-order valence-electron chi connectivity index (χ2n) is 7.35. The van der Waals surface area contributed by atoms with Crippen molar-refractivity contribution in [1.29, 1.82) is 0 Å². The normalized spacial score (nSPS) is 11.5. The van der Waals surface area contributed by atoms with Crippen molar-refractivity contribution >= 4 is 18.1 Å². The molecule has 0 bridgehead atoms. The molecule has 0 unspecified atom stereocenters. The predicted molar refractivity (Wildman–Crippen MR) is 90.2 cm³/mol.